The molecule has 0 N–H and O–H groups in total. The minimum absolute atomic E-state index is 0.195. The normalized spacial score (nSPS) is 25.6. The third kappa shape index (κ3) is 1.91. The molecule has 0 spiro atoms. The van der Waals surface area contributed by atoms with Gasteiger partial charge in [0.1, 0.15) is 0 Å². The van der Waals surface area contributed by atoms with Crippen LogP contribution in [0.4, 0.5) is 0 Å². The lowest BCUT2D eigenvalue weighted by molar-refractivity contribution is 0.117. The van der Waals surface area contributed by atoms with Crippen LogP contribution in [0.3, 0.4) is 0 Å². The van der Waals surface area contributed by atoms with E-state index in [0.717, 1.165) is 19.4 Å². The predicted molar refractivity (Wildman–Crippen MR) is 33.0 cm³/mol. The van der Waals surface area contributed by atoms with E-state index in [1.54, 1.807) is 0 Å². The van der Waals surface area contributed by atoms with E-state index in [2.05, 4.69) is 10.0 Å². The summed E-state index contributed by atoms with van der Waals surface area (Å²) in [6, 6.07) is 0. The average Bonchev–Trinajstić information content (AvgIpc) is 2.34. The van der Waals surface area contributed by atoms with Gasteiger partial charge in [0, 0.05) is 11.5 Å². The molecule has 1 saturated heterocycles. The number of rotatable bonds is 2. The predicted octanol–water partition coefficient (Wildman–Crippen LogP) is 1.48. The van der Waals surface area contributed by atoms with E-state index in [4.69, 9.17) is 10.3 Å². The second kappa shape index (κ2) is 3.33. The Hall–Kier alpha value is -0.730. The van der Waals surface area contributed by atoms with Gasteiger partial charge in [0.15, 0.2) is 0 Å². The Kier molecular flexibility index (Phi) is 2.36. The molecule has 1 rings (SSSR count). The first kappa shape index (κ1) is 6.39. The molecular weight excluding hydrogens is 118 g/mol. The molecule has 9 heavy (non-hydrogen) atoms. The van der Waals surface area contributed by atoms with Gasteiger partial charge in [-0.05, 0) is 18.4 Å². The van der Waals surface area contributed by atoms with Gasteiger partial charge in [0.2, 0.25) is 0 Å². The van der Waals surface area contributed by atoms with Crippen molar-refractivity contribution in [2.24, 2.45) is 5.11 Å². The summed E-state index contributed by atoms with van der Waals surface area (Å²) >= 11 is 0. The van der Waals surface area contributed by atoms with Gasteiger partial charge in [-0.1, -0.05) is 5.11 Å². The summed E-state index contributed by atoms with van der Waals surface area (Å²) in [6.45, 7) is 1.32. The molecule has 0 aliphatic carbocycles. The molecule has 0 unspecified atom stereocenters. The van der Waals surface area contributed by atoms with E-state index in [0.29, 0.717) is 6.54 Å². The molecule has 0 aromatic rings. The summed E-state index contributed by atoms with van der Waals surface area (Å²) in [4.78, 5) is 2.64. The zero-order valence-corrected chi connectivity index (χ0v) is 5.16. The van der Waals surface area contributed by atoms with Gasteiger partial charge in [0.25, 0.3) is 0 Å². The molecule has 0 amide bonds. The maximum Gasteiger partial charge on any atom is 0.0632 e. The number of hydrogen-bond acceptors (Lipinski definition) is 2. The van der Waals surface area contributed by atoms with Crippen LogP contribution >= 0.6 is 0 Å². The van der Waals surface area contributed by atoms with E-state index < -0.39 is 0 Å². The van der Waals surface area contributed by atoms with Gasteiger partial charge in [-0.25, -0.2) is 0 Å². The standard InChI is InChI=1S/C5H9N3O/c6-8-7-4-5-2-1-3-9-5/h5H,1-4H2/t5-/m1/s1. The lowest BCUT2D eigenvalue weighted by Gasteiger charge is -2.01. The summed E-state index contributed by atoms with van der Waals surface area (Å²) < 4.78 is 5.19. The van der Waals surface area contributed by atoms with Crippen molar-refractivity contribution in [2.75, 3.05) is 13.2 Å². The molecule has 0 saturated carbocycles. The van der Waals surface area contributed by atoms with Crippen molar-refractivity contribution < 1.29 is 4.74 Å². The van der Waals surface area contributed by atoms with Crippen LogP contribution in [0.15, 0.2) is 5.11 Å². The molecule has 1 aliphatic heterocycles. The molecule has 0 aromatic heterocycles. The SMILES string of the molecule is [N-]=[N+]=NC[C@H]1CCCO1. The first-order valence-electron chi connectivity index (χ1n) is 3.06. The van der Waals surface area contributed by atoms with E-state index in [-0.39, 0.29) is 6.10 Å². The molecular formula is C5H9N3O. The molecule has 0 radical (unpaired) electrons. The second-order valence-electron chi connectivity index (χ2n) is 2.05. The largest absolute Gasteiger partial charge is 0.378 e. The summed E-state index contributed by atoms with van der Waals surface area (Å²) in [5.74, 6) is 0. The minimum atomic E-state index is 0.195. The highest BCUT2D eigenvalue weighted by atomic mass is 16.5. The molecule has 0 aromatic carbocycles. The third-order valence-corrected chi connectivity index (χ3v) is 1.37. The molecule has 1 fully saturated rings. The van der Waals surface area contributed by atoms with E-state index >= 15 is 0 Å². The van der Waals surface area contributed by atoms with Crippen LogP contribution in [0.2, 0.25) is 0 Å². The topological polar surface area (TPSA) is 58.0 Å². The van der Waals surface area contributed by atoms with E-state index in [9.17, 15) is 0 Å². The number of ether oxygens (including phenoxy) is 1. The fourth-order valence-electron chi connectivity index (χ4n) is 0.916. The average molecular weight is 127 g/mol. The monoisotopic (exact) mass is 127 g/mol. The van der Waals surface area contributed by atoms with Gasteiger partial charge in [-0.3, -0.25) is 0 Å². The van der Waals surface area contributed by atoms with Crippen LogP contribution in [0.25, 0.3) is 10.4 Å². The van der Waals surface area contributed by atoms with Crippen molar-refractivity contribution >= 4 is 0 Å². The lowest BCUT2D eigenvalue weighted by atomic mass is 10.2. The first-order valence-corrected chi connectivity index (χ1v) is 3.06. The van der Waals surface area contributed by atoms with Crippen molar-refractivity contribution in [3.8, 4) is 0 Å². The molecule has 4 nitrogen and oxygen atoms in total. The smallest absolute Gasteiger partial charge is 0.0632 e. The van der Waals surface area contributed by atoms with Crippen molar-refractivity contribution in [3.63, 3.8) is 0 Å². The van der Waals surface area contributed by atoms with Crippen molar-refractivity contribution in [1.29, 1.82) is 0 Å². The Balaban J connectivity index is 2.18. The highest BCUT2D eigenvalue weighted by molar-refractivity contribution is 4.66. The van der Waals surface area contributed by atoms with Crippen LogP contribution in [0.5, 0.6) is 0 Å². The maximum absolute atomic E-state index is 7.93. The van der Waals surface area contributed by atoms with Gasteiger partial charge in [0.05, 0.1) is 12.6 Å². The number of nitrogens with zero attached hydrogens (tertiary/aromatic N) is 3. The zero-order chi connectivity index (χ0) is 6.53. The van der Waals surface area contributed by atoms with Crippen LogP contribution in [-0.2, 0) is 4.74 Å². The summed E-state index contributed by atoms with van der Waals surface area (Å²) in [7, 11) is 0. The molecule has 50 valence electrons. The Morgan fingerprint density at radius 2 is 2.67 bits per heavy atom. The Bertz CT molecular complexity index is 124. The molecule has 1 heterocycles. The summed E-state index contributed by atoms with van der Waals surface area (Å²) in [6.07, 6.45) is 2.34. The fraction of sp³-hybridized carbons (Fsp3) is 1.00. The van der Waals surface area contributed by atoms with Crippen molar-refractivity contribution in [1.82, 2.24) is 0 Å². The third-order valence-electron chi connectivity index (χ3n) is 1.37. The van der Waals surface area contributed by atoms with Gasteiger partial charge in [-0.15, -0.1) is 0 Å². The minimum Gasteiger partial charge on any atom is -0.378 e. The van der Waals surface area contributed by atoms with Gasteiger partial charge < -0.3 is 4.74 Å². The highest BCUT2D eigenvalue weighted by Gasteiger charge is 2.13. The van der Waals surface area contributed by atoms with Crippen LogP contribution in [0, 0.1) is 0 Å². The highest BCUT2D eigenvalue weighted by Crippen LogP contribution is 2.11. The van der Waals surface area contributed by atoms with Crippen molar-refractivity contribution in [3.05, 3.63) is 10.4 Å². The molecule has 0 bridgehead atoms. The fourth-order valence-corrected chi connectivity index (χ4v) is 0.916. The molecule has 4 heteroatoms. The lowest BCUT2D eigenvalue weighted by Crippen LogP contribution is -2.07. The van der Waals surface area contributed by atoms with Gasteiger partial charge >= 0.3 is 0 Å². The molecule has 1 atom stereocenters. The van der Waals surface area contributed by atoms with Crippen molar-refractivity contribution in [2.45, 2.75) is 18.9 Å². The second-order valence-corrected chi connectivity index (χ2v) is 2.05. The zero-order valence-electron chi connectivity index (χ0n) is 5.16. The Morgan fingerprint density at radius 1 is 1.78 bits per heavy atom. The van der Waals surface area contributed by atoms with Gasteiger partial charge in [-0.2, -0.15) is 0 Å². The summed E-state index contributed by atoms with van der Waals surface area (Å²) in [5, 5.41) is 3.41. The number of azide groups is 1. The van der Waals surface area contributed by atoms with Crippen LogP contribution in [0.1, 0.15) is 12.8 Å². The van der Waals surface area contributed by atoms with Crippen LogP contribution < -0.4 is 0 Å². The quantitative estimate of drug-likeness (QED) is 0.315. The molecule has 1 aliphatic rings. The Labute approximate surface area is 53.4 Å². The maximum atomic E-state index is 7.93. The van der Waals surface area contributed by atoms with E-state index in [1.807, 2.05) is 0 Å². The first-order chi connectivity index (χ1) is 4.43. The summed E-state index contributed by atoms with van der Waals surface area (Å²) in [5.41, 5.74) is 7.93. The van der Waals surface area contributed by atoms with Crippen LogP contribution in [-0.4, -0.2) is 19.3 Å². The van der Waals surface area contributed by atoms with E-state index in [1.165, 1.54) is 0 Å². The number of hydrogen-bond donors (Lipinski definition) is 0. The Morgan fingerprint density at radius 3 is 3.22 bits per heavy atom.